The highest BCUT2D eigenvalue weighted by Gasteiger charge is 2.32. The number of piperazine rings is 1. The Labute approximate surface area is 186 Å². The number of hydrogen-bond acceptors (Lipinski definition) is 5. The minimum atomic E-state index is -0.160. The lowest BCUT2D eigenvalue weighted by Crippen LogP contribution is -2.48. The molecule has 0 aliphatic carbocycles. The van der Waals surface area contributed by atoms with Crippen LogP contribution in [0.15, 0.2) is 29.6 Å². The predicted octanol–water partition coefficient (Wildman–Crippen LogP) is 2.55. The zero-order chi connectivity index (χ0) is 18.3. The SMILES string of the molecule is Cc1scc2c1N(C(=O)CN1CCN(C)CC1)c1ccccc1NC2=O.Cl.Cl.O. The Morgan fingerprint density at radius 3 is 2.48 bits per heavy atom. The Morgan fingerprint density at radius 2 is 1.79 bits per heavy atom. The highest BCUT2D eigenvalue weighted by molar-refractivity contribution is 7.11. The van der Waals surface area contributed by atoms with Crippen molar-refractivity contribution in [3.63, 3.8) is 0 Å². The summed E-state index contributed by atoms with van der Waals surface area (Å²) in [5.74, 6) is -0.159. The summed E-state index contributed by atoms with van der Waals surface area (Å²) >= 11 is 1.50. The van der Waals surface area contributed by atoms with E-state index in [9.17, 15) is 9.59 Å². The van der Waals surface area contributed by atoms with Gasteiger partial charge in [-0.2, -0.15) is 0 Å². The summed E-state index contributed by atoms with van der Waals surface area (Å²) < 4.78 is 0. The first kappa shape index (κ1) is 25.4. The first-order valence-electron chi connectivity index (χ1n) is 8.77. The number of para-hydroxylation sites is 2. The molecule has 2 aliphatic heterocycles. The number of fused-ring (bicyclic) bond motifs is 2. The van der Waals surface area contributed by atoms with Crippen molar-refractivity contribution in [2.75, 3.05) is 50.0 Å². The number of likely N-dealkylation sites (N-methyl/N-ethyl adjacent to an activating group) is 1. The van der Waals surface area contributed by atoms with Gasteiger partial charge in [0.25, 0.3) is 5.91 Å². The van der Waals surface area contributed by atoms with Crippen LogP contribution >= 0.6 is 36.2 Å². The van der Waals surface area contributed by atoms with Gasteiger partial charge < -0.3 is 15.7 Å². The van der Waals surface area contributed by atoms with E-state index in [1.165, 1.54) is 11.3 Å². The molecule has 0 bridgehead atoms. The number of nitrogens with zero attached hydrogens (tertiary/aromatic N) is 3. The van der Waals surface area contributed by atoms with Gasteiger partial charge in [-0.05, 0) is 26.1 Å². The fraction of sp³-hybridized carbons (Fsp3) is 0.368. The van der Waals surface area contributed by atoms with Crippen LogP contribution in [0.2, 0.25) is 0 Å². The number of benzene rings is 1. The topological polar surface area (TPSA) is 87.4 Å². The number of carbonyl (C=O) groups excluding carboxylic acids is 2. The molecule has 1 aromatic heterocycles. The lowest BCUT2D eigenvalue weighted by Gasteiger charge is -2.33. The second-order valence-electron chi connectivity index (χ2n) is 6.83. The predicted molar refractivity (Wildman–Crippen MR) is 123 cm³/mol. The second-order valence-corrected chi connectivity index (χ2v) is 7.92. The zero-order valence-electron chi connectivity index (χ0n) is 16.3. The Morgan fingerprint density at radius 1 is 1.14 bits per heavy atom. The number of hydrogen-bond donors (Lipinski definition) is 1. The summed E-state index contributed by atoms with van der Waals surface area (Å²) in [6, 6.07) is 7.50. The van der Waals surface area contributed by atoms with Crippen LogP contribution in [0.1, 0.15) is 15.2 Å². The van der Waals surface area contributed by atoms with Crippen molar-refractivity contribution >= 4 is 65.0 Å². The first-order valence-corrected chi connectivity index (χ1v) is 9.65. The number of rotatable bonds is 2. The van der Waals surface area contributed by atoms with Crippen molar-refractivity contribution in [3.8, 4) is 0 Å². The van der Waals surface area contributed by atoms with Gasteiger partial charge in [-0.15, -0.1) is 36.2 Å². The van der Waals surface area contributed by atoms with Gasteiger partial charge in [-0.3, -0.25) is 19.4 Å². The van der Waals surface area contributed by atoms with E-state index in [-0.39, 0.29) is 42.1 Å². The molecule has 7 nitrogen and oxygen atoms in total. The van der Waals surface area contributed by atoms with Crippen LogP contribution < -0.4 is 10.2 Å². The van der Waals surface area contributed by atoms with Crippen LogP contribution in [0.4, 0.5) is 17.1 Å². The third kappa shape index (κ3) is 4.91. The van der Waals surface area contributed by atoms with Gasteiger partial charge in [0.15, 0.2) is 0 Å². The van der Waals surface area contributed by atoms with Gasteiger partial charge in [-0.1, -0.05) is 12.1 Å². The number of carbonyl (C=O) groups is 2. The van der Waals surface area contributed by atoms with Gasteiger partial charge in [0.2, 0.25) is 5.91 Å². The average molecular weight is 461 g/mol. The number of halogens is 2. The quantitative estimate of drug-likeness (QED) is 0.745. The molecule has 4 rings (SSSR count). The van der Waals surface area contributed by atoms with Gasteiger partial charge in [0.1, 0.15) is 0 Å². The molecule has 2 aromatic rings. The van der Waals surface area contributed by atoms with Crippen LogP contribution in [-0.4, -0.2) is 66.9 Å². The highest BCUT2D eigenvalue weighted by atomic mass is 35.5. The Hall–Kier alpha value is -1.68. The monoisotopic (exact) mass is 460 g/mol. The first-order chi connectivity index (χ1) is 12.5. The molecule has 1 aromatic carbocycles. The zero-order valence-corrected chi connectivity index (χ0v) is 18.8. The number of thiophene rings is 1. The maximum atomic E-state index is 13.3. The highest BCUT2D eigenvalue weighted by Crippen LogP contribution is 2.42. The van der Waals surface area contributed by atoms with Crippen molar-refractivity contribution in [1.82, 2.24) is 9.80 Å². The van der Waals surface area contributed by atoms with E-state index < -0.39 is 0 Å². The number of aryl methyl sites for hydroxylation is 1. The smallest absolute Gasteiger partial charge is 0.258 e. The van der Waals surface area contributed by atoms with Crippen molar-refractivity contribution in [2.45, 2.75) is 6.92 Å². The molecule has 0 unspecified atom stereocenters. The lowest BCUT2D eigenvalue weighted by molar-refractivity contribution is -0.119. The number of amides is 2. The number of anilines is 3. The third-order valence-electron chi connectivity index (χ3n) is 5.01. The molecule has 3 N–H and O–H groups in total. The fourth-order valence-electron chi connectivity index (χ4n) is 3.50. The van der Waals surface area contributed by atoms with Crippen LogP contribution in [0.25, 0.3) is 0 Å². The van der Waals surface area contributed by atoms with E-state index in [1.54, 1.807) is 4.90 Å². The Balaban J connectivity index is 0.00000140. The van der Waals surface area contributed by atoms with E-state index in [4.69, 9.17) is 0 Å². The molecule has 160 valence electrons. The van der Waals surface area contributed by atoms with Crippen molar-refractivity contribution in [3.05, 3.63) is 40.1 Å². The Bertz CT molecular complexity index is 869. The van der Waals surface area contributed by atoms with Gasteiger partial charge in [0.05, 0.1) is 29.2 Å². The minimum absolute atomic E-state index is 0. The van der Waals surface area contributed by atoms with Crippen molar-refractivity contribution < 1.29 is 15.1 Å². The summed E-state index contributed by atoms with van der Waals surface area (Å²) in [7, 11) is 2.10. The maximum absolute atomic E-state index is 13.3. The molecule has 29 heavy (non-hydrogen) atoms. The van der Waals surface area contributed by atoms with Crippen LogP contribution in [-0.2, 0) is 4.79 Å². The lowest BCUT2D eigenvalue weighted by atomic mass is 10.2. The standard InChI is InChI=1S/C19H22N4O2S.2ClH.H2O/c1-13-18-14(12-26-13)19(25)20-15-5-3-4-6-16(15)23(18)17(24)11-22-9-7-21(2)8-10-22;;;/h3-6,12H,7-11H2,1-2H3,(H,20,25);2*1H;1H2. The molecule has 0 saturated carbocycles. The normalized spacial score (nSPS) is 16.2. The summed E-state index contributed by atoms with van der Waals surface area (Å²) in [4.78, 5) is 33.1. The van der Waals surface area contributed by atoms with E-state index in [0.717, 1.165) is 42.4 Å². The summed E-state index contributed by atoms with van der Waals surface area (Å²) in [5, 5.41) is 4.78. The molecule has 3 heterocycles. The molecule has 0 atom stereocenters. The van der Waals surface area contributed by atoms with Gasteiger partial charge >= 0.3 is 0 Å². The molecular weight excluding hydrogens is 435 g/mol. The molecule has 10 heteroatoms. The minimum Gasteiger partial charge on any atom is -0.412 e. The molecule has 1 saturated heterocycles. The van der Waals surface area contributed by atoms with Crippen LogP contribution in [0.5, 0.6) is 0 Å². The summed E-state index contributed by atoms with van der Waals surface area (Å²) in [6.45, 7) is 6.00. The van der Waals surface area contributed by atoms with Crippen molar-refractivity contribution in [1.29, 1.82) is 0 Å². The molecule has 2 aliphatic rings. The number of nitrogens with one attached hydrogen (secondary N) is 1. The Kier molecular flexibility index (Phi) is 9.08. The summed E-state index contributed by atoms with van der Waals surface area (Å²) in [5.41, 5.74) is 2.69. The van der Waals surface area contributed by atoms with Gasteiger partial charge in [0, 0.05) is 36.4 Å². The largest absolute Gasteiger partial charge is 0.412 e. The average Bonchev–Trinajstić information content (AvgIpc) is 2.94. The van der Waals surface area contributed by atoms with E-state index >= 15 is 0 Å². The fourth-order valence-corrected chi connectivity index (χ4v) is 4.33. The maximum Gasteiger partial charge on any atom is 0.258 e. The second kappa shape index (κ2) is 10.4. The van der Waals surface area contributed by atoms with Crippen molar-refractivity contribution in [2.24, 2.45) is 0 Å². The molecular formula is C19H26Cl2N4O3S. The molecule has 0 radical (unpaired) electrons. The molecule has 1 fully saturated rings. The summed E-state index contributed by atoms with van der Waals surface area (Å²) in [6.07, 6.45) is 0. The third-order valence-corrected chi connectivity index (χ3v) is 5.91. The van der Waals surface area contributed by atoms with E-state index in [0.29, 0.717) is 17.8 Å². The molecule has 2 amide bonds. The van der Waals surface area contributed by atoms with E-state index in [1.807, 2.05) is 36.6 Å². The van der Waals surface area contributed by atoms with E-state index in [2.05, 4.69) is 22.2 Å². The van der Waals surface area contributed by atoms with Crippen LogP contribution in [0, 0.1) is 6.92 Å². The molecule has 0 spiro atoms. The van der Waals surface area contributed by atoms with Gasteiger partial charge in [-0.25, -0.2) is 0 Å². The van der Waals surface area contributed by atoms with Crippen LogP contribution in [0.3, 0.4) is 0 Å².